The molecule has 1 unspecified atom stereocenters. The molecule has 0 bridgehead atoms. The Kier molecular flexibility index (Phi) is 5.81. The first-order valence-electron chi connectivity index (χ1n) is 6.53. The Labute approximate surface area is 137 Å². The zero-order valence-corrected chi connectivity index (χ0v) is 14.1. The van der Waals surface area contributed by atoms with E-state index in [0.29, 0.717) is 0 Å². The number of likely N-dealkylation sites (N-methyl/N-ethyl adjacent to an activating group) is 1. The molecule has 0 saturated carbocycles. The van der Waals surface area contributed by atoms with E-state index >= 15 is 0 Å². The zero-order chi connectivity index (χ0) is 14.5. The lowest BCUT2D eigenvalue weighted by Crippen LogP contribution is -2.23. The SMILES string of the molecule is CCNC(Cc1ccc(F)c(Cl)c1)c1cccc(I)c1. The van der Waals surface area contributed by atoms with Gasteiger partial charge in [0.05, 0.1) is 5.02 Å². The molecule has 0 radical (unpaired) electrons. The van der Waals surface area contributed by atoms with E-state index in [1.54, 1.807) is 12.1 Å². The topological polar surface area (TPSA) is 12.0 Å². The molecule has 0 spiro atoms. The fraction of sp³-hybridized carbons (Fsp3) is 0.250. The standard InChI is InChI=1S/C16H16ClFIN/c1-2-20-16(12-4-3-5-13(19)10-12)9-11-6-7-15(18)14(17)8-11/h3-8,10,16,20H,2,9H2,1H3. The summed E-state index contributed by atoms with van der Waals surface area (Å²) < 4.78 is 14.4. The van der Waals surface area contributed by atoms with Gasteiger partial charge in [0.1, 0.15) is 5.82 Å². The van der Waals surface area contributed by atoms with Gasteiger partial charge in [-0.05, 0) is 70.9 Å². The maximum atomic E-state index is 13.2. The molecule has 0 fully saturated rings. The first-order valence-corrected chi connectivity index (χ1v) is 7.98. The number of nitrogens with one attached hydrogen (secondary N) is 1. The van der Waals surface area contributed by atoms with E-state index < -0.39 is 0 Å². The Morgan fingerprint density at radius 2 is 2.05 bits per heavy atom. The van der Waals surface area contributed by atoms with Gasteiger partial charge in [-0.3, -0.25) is 0 Å². The average molecular weight is 404 g/mol. The lowest BCUT2D eigenvalue weighted by Gasteiger charge is -2.19. The Bertz CT molecular complexity index is 588. The van der Waals surface area contributed by atoms with Crippen LogP contribution in [0.15, 0.2) is 42.5 Å². The summed E-state index contributed by atoms with van der Waals surface area (Å²) in [5.74, 6) is -0.371. The predicted octanol–water partition coefficient (Wildman–Crippen LogP) is 4.98. The first kappa shape index (κ1) is 15.7. The molecule has 0 saturated heterocycles. The van der Waals surface area contributed by atoms with E-state index in [2.05, 4.69) is 59.1 Å². The zero-order valence-electron chi connectivity index (χ0n) is 11.2. The van der Waals surface area contributed by atoms with Crippen LogP contribution in [-0.4, -0.2) is 6.54 Å². The van der Waals surface area contributed by atoms with Gasteiger partial charge in [0.25, 0.3) is 0 Å². The second kappa shape index (κ2) is 7.38. The summed E-state index contributed by atoms with van der Waals surface area (Å²) in [5.41, 5.74) is 2.26. The molecule has 4 heteroatoms. The summed E-state index contributed by atoms with van der Waals surface area (Å²) in [6.45, 7) is 2.96. The third kappa shape index (κ3) is 4.17. The summed E-state index contributed by atoms with van der Waals surface area (Å²) in [5, 5.41) is 3.65. The van der Waals surface area contributed by atoms with E-state index in [1.807, 2.05) is 0 Å². The van der Waals surface area contributed by atoms with Crippen LogP contribution >= 0.6 is 34.2 Å². The molecule has 0 aliphatic heterocycles. The number of hydrogen-bond acceptors (Lipinski definition) is 1. The van der Waals surface area contributed by atoms with Crippen molar-refractivity contribution in [2.75, 3.05) is 6.54 Å². The Morgan fingerprint density at radius 1 is 1.25 bits per heavy atom. The third-order valence-corrected chi connectivity index (χ3v) is 4.09. The Balaban J connectivity index is 2.22. The summed E-state index contributed by atoms with van der Waals surface area (Å²) in [6, 6.07) is 13.5. The number of hydrogen-bond donors (Lipinski definition) is 1. The van der Waals surface area contributed by atoms with Crippen molar-refractivity contribution in [2.45, 2.75) is 19.4 Å². The molecule has 20 heavy (non-hydrogen) atoms. The maximum Gasteiger partial charge on any atom is 0.141 e. The van der Waals surface area contributed by atoms with Crippen molar-refractivity contribution in [1.82, 2.24) is 5.32 Å². The van der Waals surface area contributed by atoms with Gasteiger partial charge in [0.2, 0.25) is 0 Å². The van der Waals surface area contributed by atoms with Crippen LogP contribution in [0.5, 0.6) is 0 Å². The van der Waals surface area contributed by atoms with Crippen molar-refractivity contribution in [1.29, 1.82) is 0 Å². The third-order valence-electron chi connectivity index (χ3n) is 3.13. The quantitative estimate of drug-likeness (QED) is 0.695. The van der Waals surface area contributed by atoms with E-state index in [0.717, 1.165) is 18.5 Å². The Hall–Kier alpha value is -0.650. The molecule has 1 nitrogen and oxygen atoms in total. The van der Waals surface area contributed by atoms with E-state index in [-0.39, 0.29) is 16.9 Å². The highest BCUT2D eigenvalue weighted by Crippen LogP contribution is 2.23. The summed E-state index contributed by atoms with van der Waals surface area (Å²) >= 11 is 8.16. The average Bonchev–Trinajstić information content (AvgIpc) is 2.42. The Morgan fingerprint density at radius 3 is 2.70 bits per heavy atom. The highest BCUT2D eigenvalue weighted by atomic mass is 127. The molecule has 2 aromatic carbocycles. The lowest BCUT2D eigenvalue weighted by atomic mass is 9.99. The molecular weight excluding hydrogens is 388 g/mol. The fourth-order valence-corrected chi connectivity index (χ4v) is 2.95. The van der Waals surface area contributed by atoms with Crippen molar-refractivity contribution in [3.05, 3.63) is 68.0 Å². The molecule has 1 atom stereocenters. The molecule has 0 amide bonds. The molecule has 2 rings (SSSR count). The summed E-state index contributed by atoms with van der Waals surface area (Å²) in [7, 11) is 0. The van der Waals surface area contributed by atoms with Gasteiger partial charge in [-0.15, -0.1) is 0 Å². The van der Waals surface area contributed by atoms with Crippen LogP contribution in [-0.2, 0) is 6.42 Å². The smallest absolute Gasteiger partial charge is 0.141 e. The number of benzene rings is 2. The molecule has 0 aliphatic rings. The van der Waals surface area contributed by atoms with Gasteiger partial charge in [0.15, 0.2) is 0 Å². The summed E-state index contributed by atoms with van der Waals surface area (Å²) in [4.78, 5) is 0. The van der Waals surface area contributed by atoms with Gasteiger partial charge < -0.3 is 5.32 Å². The van der Waals surface area contributed by atoms with Crippen LogP contribution in [0.4, 0.5) is 4.39 Å². The highest BCUT2D eigenvalue weighted by Gasteiger charge is 2.12. The molecular formula is C16H16ClFIN. The lowest BCUT2D eigenvalue weighted by molar-refractivity contribution is 0.548. The van der Waals surface area contributed by atoms with Crippen LogP contribution in [0, 0.1) is 9.39 Å². The van der Waals surface area contributed by atoms with Gasteiger partial charge in [0, 0.05) is 9.61 Å². The monoisotopic (exact) mass is 403 g/mol. The second-order valence-corrected chi connectivity index (χ2v) is 6.27. The van der Waals surface area contributed by atoms with Crippen molar-refractivity contribution in [2.24, 2.45) is 0 Å². The molecule has 1 N–H and O–H groups in total. The highest BCUT2D eigenvalue weighted by molar-refractivity contribution is 14.1. The summed E-state index contributed by atoms with van der Waals surface area (Å²) in [6.07, 6.45) is 0.786. The molecule has 2 aromatic rings. The molecule has 106 valence electrons. The largest absolute Gasteiger partial charge is 0.310 e. The first-order chi connectivity index (χ1) is 9.60. The number of rotatable bonds is 5. The maximum absolute atomic E-state index is 13.2. The van der Waals surface area contributed by atoms with Crippen LogP contribution in [0.3, 0.4) is 0 Å². The van der Waals surface area contributed by atoms with Gasteiger partial charge in [-0.2, -0.15) is 0 Å². The van der Waals surface area contributed by atoms with Gasteiger partial charge >= 0.3 is 0 Å². The minimum Gasteiger partial charge on any atom is -0.310 e. The second-order valence-electron chi connectivity index (χ2n) is 4.62. The van der Waals surface area contributed by atoms with Crippen molar-refractivity contribution >= 4 is 34.2 Å². The predicted molar refractivity (Wildman–Crippen MR) is 90.7 cm³/mol. The minimum atomic E-state index is -0.371. The molecule has 0 aliphatic carbocycles. The fourth-order valence-electron chi connectivity index (χ4n) is 2.18. The van der Waals surface area contributed by atoms with Crippen LogP contribution < -0.4 is 5.32 Å². The minimum absolute atomic E-state index is 0.181. The molecule has 0 aromatic heterocycles. The van der Waals surface area contributed by atoms with Crippen LogP contribution in [0.1, 0.15) is 24.1 Å². The number of halogens is 3. The van der Waals surface area contributed by atoms with Gasteiger partial charge in [-0.1, -0.05) is 36.7 Å². The van der Waals surface area contributed by atoms with E-state index in [9.17, 15) is 4.39 Å². The van der Waals surface area contributed by atoms with E-state index in [1.165, 1.54) is 15.2 Å². The molecule has 0 heterocycles. The normalized spacial score (nSPS) is 12.4. The van der Waals surface area contributed by atoms with Gasteiger partial charge in [-0.25, -0.2) is 4.39 Å². The van der Waals surface area contributed by atoms with Crippen LogP contribution in [0.25, 0.3) is 0 Å². The van der Waals surface area contributed by atoms with Crippen molar-refractivity contribution in [3.63, 3.8) is 0 Å². The van der Waals surface area contributed by atoms with Crippen LogP contribution in [0.2, 0.25) is 5.02 Å². The van der Waals surface area contributed by atoms with E-state index in [4.69, 9.17) is 11.6 Å². The van der Waals surface area contributed by atoms with Crippen molar-refractivity contribution in [3.8, 4) is 0 Å². The van der Waals surface area contributed by atoms with Crippen molar-refractivity contribution < 1.29 is 4.39 Å².